The predicted octanol–water partition coefficient (Wildman–Crippen LogP) is 4.38. The molecule has 5 heteroatoms. The summed E-state index contributed by atoms with van der Waals surface area (Å²) in [6.45, 7) is 0. The Bertz CT molecular complexity index is 576. The molecule has 1 unspecified atom stereocenters. The summed E-state index contributed by atoms with van der Waals surface area (Å²) in [5.41, 5.74) is 7.28. The van der Waals surface area contributed by atoms with Crippen molar-refractivity contribution < 1.29 is 8.78 Å². The zero-order valence-electron chi connectivity index (χ0n) is 10.5. The van der Waals surface area contributed by atoms with Crippen LogP contribution in [0.3, 0.4) is 0 Å². The van der Waals surface area contributed by atoms with Gasteiger partial charge in [-0.3, -0.25) is 0 Å². The van der Waals surface area contributed by atoms with Crippen LogP contribution in [0.1, 0.15) is 11.1 Å². The van der Waals surface area contributed by atoms with Crippen LogP contribution in [0.15, 0.2) is 36.4 Å². The Hall–Kier alpha value is -1.16. The van der Waals surface area contributed by atoms with Crippen molar-refractivity contribution in [2.24, 2.45) is 5.73 Å². The molecule has 0 aliphatic carbocycles. The van der Waals surface area contributed by atoms with Gasteiger partial charge in [-0.2, -0.15) is 0 Å². The lowest BCUT2D eigenvalue weighted by Gasteiger charge is -2.14. The summed E-state index contributed by atoms with van der Waals surface area (Å²) < 4.78 is 26.2. The van der Waals surface area contributed by atoms with E-state index in [1.807, 2.05) is 0 Å². The molecule has 0 spiro atoms. The van der Waals surface area contributed by atoms with Crippen molar-refractivity contribution in [3.8, 4) is 0 Å². The van der Waals surface area contributed by atoms with E-state index in [0.29, 0.717) is 28.5 Å². The molecule has 0 saturated heterocycles. The van der Waals surface area contributed by atoms with Gasteiger partial charge < -0.3 is 5.73 Å². The van der Waals surface area contributed by atoms with E-state index in [1.54, 1.807) is 18.2 Å². The van der Waals surface area contributed by atoms with Crippen LogP contribution in [0.4, 0.5) is 8.78 Å². The largest absolute Gasteiger partial charge is 0.327 e. The standard InChI is InChI=1S/C15H13Cl2F2N/c16-14-2-1-3-15(17)13(14)8-12(20)6-9-4-10(18)7-11(19)5-9/h1-5,7,12H,6,8,20H2. The Morgan fingerprint density at radius 3 is 2.05 bits per heavy atom. The maximum absolute atomic E-state index is 13.1. The van der Waals surface area contributed by atoms with Gasteiger partial charge in [0.05, 0.1) is 0 Å². The third kappa shape index (κ3) is 3.92. The Kier molecular flexibility index (Phi) is 4.97. The van der Waals surface area contributed by atoms with Crippen molar-refractivity contribution in [2.75, 3.05) is 0 Å². The van der Waals surface area contributed by atoms with Crippen LogP contribution in [0.2, 0.25) is 10.0 Å². The number of nitrogens with two attached hydrogens (primary N) is 1. The van der Waals surface area contributed by atoms with Crippen molar-refractivity contribution in [1.29, 1.82) is 0 Å². The average Bonchev–Trinajstić information content (AvgIpc) is 2.32. The fraction of sp³-hybridized carbons (Fsp3) is 0.200. The smallest absolute Gasteiger partial charge is 0.126 e. The van der Waals surface area contributed by atoms with Gasteiger partial charge in [-0.25, -0.2) is 8.78 Å². The molecule has 0 fully saturated rings. The lowest BCUT2D eigenvalue weighted by atomic mass is 9.99. The summed E-state index contributed by atoms with van der Waals surface area (Å²) in [4.78, 5) is 0. The molecule has 0 aliphatic heterocycles. The van der Waals surface area contributed by atoms with Gasteiger partial charge in [0.2, 0.25) is 0 Å². The number of rotatable bonds is 4. The Balaban J connectivity index is 2.11. The molecule has 0 amide bonds. The summed E-state index contributed by atoms with van der Waals surface area (Å²) in [7, 11) is 0. The van der Waals surface area contributed by atoms with E-state index in [0.717, 1.165) is 11.6 Å². The van der Waals surface area contributed by atoms with E-state index < -0.39 is 11.6 Å². The summed E-state index contributed by atoms with van der Waals surface area (Å²) in [6, 6.07) is 8.28. The highest BCUT2D eigenvalue weighted by Crippen LogP contribution is 2.25. The average molecular weight is 316 g/mol. The molecule has 1 nitrogen and oxygen atoms in total. The zero-order valence-corrected chi connectivity index (χ0v) is 12.1. The maximum atomic E-state index is 13.1. The lowest BCUT2D eigenvalue weighted by molar-refractivity contribution is 0.574. The minimum absolute atomic E-state index is 0.325. The molecule has 2 rings (SSSR count). The van der Waals surface area contributed by atoms with Crippen molar-refractivity contribution in [2.45, 2.75) is 18.9 Å². The van der Waals surface area contributed by atoms with Gasteiger partial charge in [0.1, 0.15) is 11.6 Å². The lowest BCUT2D eigenvalue weighted by Crippen LogP contribution is -2.26. The molecule has 2 aromatic rings. The molecule has 106 valence electrons. The fourth-order valence-electron chi connectivity index (χ4n) is 2.09. The summed E-state index contributed by atoms with van der Waals surface area (Å²) in [5.74, 6) is -1.22. The number of benzene rings is 2. The third-order valence-corrected chi connectivity index (χ3v) is 3.66. The molecule has 2 aromatic carbocycles. The van der Waals surface area contributed by atoms with Gasteiger partial charge in [0.25, 0.3) is 0 Å². The van der Waals surface area contributed by atoms with Crippen LogP contribution < -0.4 is 5.73 Å². The van der Waals surface area contributed by atoms with Gasteiger partial charge in [-0.1, -0.05) is 29.3 Å². The first-order chi connectivity index (χ1) is 9.45. The van der Waals surface area contributed by atoms with Crippen LogP contribution in [-0.4, -0.2) is 6.04 Å². The molecule has 2 N–H and O–H groups in total. The normalized spacial score (nSPS) is 12.4. The van der Waals surface area contributed by atoms with Gasteiger partial charge in [0, 0.05) is 22.2 Å². The number of halogens is 4. The van der Waals surface area contributed by atoms with E-state index in [-0.39, 0.29) is 6.04 Å². The van der Waals surface area contributed by atoms with Gasteiger partial charge in [-0.15, -0.1) is 0 Å². The van der Waals surface area contributed by atoms with Crippen LogP contribution in [0.5, 0.6) is 0 Å². The van der Waals surface area contributed by atoms with Crippen LogP contribution in [0.25, 0.3) is 0 Å². The monoisotopic (exact) mass is 315 g/mol. The second-order valence-electron chi connectivity index (χ2n) is 4.65. The van der Waals surface area contributed by atoms with E-state index in [2.05, 4.69) is 0 Å². The summed E-state index contributed by atoms with van der Waals surface area (Å²) in [6.07, 6.45) is 0.785. The SMILES string of the molecule is NC(Cc1cc(F)cc(F)c1)Cc1c(Cl)cccc1Cl. The van der Waals surface area contributed by atoms with Crippen LogP contribution in [-0.2, 0) is 12.8 Å². The number of hydrogen-bond acceptors (Lipinski definition) is 1. The molecule has 0 aromatic heterocycles. The molecule has 0 saturated carbocycles. The first kappa shape index (κ1) is 15.2. The molecular weight excluding hydrogens is 303 g/mol. The topological polar surface area (TPSA) is 26.0 Å². The molecule has 0 heterocycles. The van der Waals surface area contributed by atoms with Gasteiger partial charge >= 0.3 is 0 Å². The van der Waals surface area contributed by atoms with Crippen molar-refractivity contribution in [3.05, 3.63) is 69.2 Å². The van der Waals surface area contributed by atoms with Gasteiger partial charge in [0.15, 0.2) is 0 Å². The Morgan fingerprint density at radius 2 is 1.50 bits per heavy atom. The van der Waals surface area contributed by atoms with Crippen LogP contribution >= 0.6 is 23.2 Å². The first-order valence-electron chi connectivity index (χ1n) is 6.09. The first-order valence-corrected chi connectivity index (χ1v) is 6.84. The second kappa shape index (κ2) is 6.53. The van der Waals surface area contributed by atoms with Crippen LogP contribution in [0, 0.1) is 11.6 Å². The summed E-state index contributed by atoms with van der Waals surface area (Å²) in [5, 5.41) is 1.08. The van der Waals surface area contributed by atoms with E-state index in [1.165, 1.54) is 12.1 Å². The zero-order chi connectivity index (χ0) is 14.7. The molecule has 0 radical (unpaired) electrons. The van der Waals surface area contributed by atoms with Crippen molar-refractivity contribution in [1.82, 2.24) is 0 Å². The Morgan fingerprint density at radius 1 is 0.950 bits per heavy atom. The van der Waals surface area contributed by atoms with Gasteiger partial charge in [-0.05, 0) is 48.2 Å². The highest BCUT2D eigenvalue weighted by Gasteiger charge is 2.12. The molecule has 0 bridgehead atoms. The number of hydrogen-bond donors (Lipinski definition) is 1. The Labute approximate surface area is 126 Å². The molecular formula is C15H13Cl2F2N. The third-order valence-electron chi connectivity index (χ3n) is 2.95. The van der Waals surface area contributed by atoms with Crippen molar-refractivity contribution in [3.63, 3.8) is 0 Å². The minimum atomic E-state index is -0.608. The maximum Gasteiger partial charge on any atom is 0.126 e. The fourth-order valence-corrected chi connectivity index (χ4v) is 2.64. The molecule has 1 atom stereocenters. The quantitative estimate of drug-likeness (QED) is 0.890. The highest BCUT2D eigenvalue weighted by molar-refractivity contribution is 6.36. The van der Waals surface area contributed by atoms with E-state index >= 15 is 0 Å². The highest BCUT2D eigenvalue weighted by atomic mass is 35.5. The second-order valence-corrected chi connectivity index (χ2v) is 5.46. The van der Waals surface area contributed by atoms with E-state index in [9.17, 15) is 8.78 Å². The molecule has 20 heavy (non-hydrogen) atoms. The summed E-state index contributed by atoms with van der Waals surface area (Å²) >= 11 is 12.1. The van der Waals surface area contributed by atoms with Crippen molar-refractivity contribution >= 4 is 23.2 Å². The molecule has 0 aliphatic rings. The minimum Gasteiger partial charge on any atom is -0.327 e. The van der Waals surface area contributed by atoms with E-state index in [4.69, 9.17) is 28.9 Å². The predicted molar refractivity (Wildman–Crippen MR) is 78.2 cm³/mol.